The van der Waals surface area contributed by atoms with Gasteiger partial charge in [-0.2, -0.15) is 0 Å². The van der Waals surface area contributed by atoms with Gasteiger partial charge in [0.2, 0.25) is 0 Å². The van der Waals surface area contributed by atoms with Crippen molar-refractivity contribution in [2.24, 2.45) is 5.92 Å². The number of aryl methyl sites for hydroxylation is 1. The number of benzene rings is 2. The van der Waals surface area contributed by atoms with E-state index in [0.717, 1.165) is 48.3 Å². The molecular formula is C22H24N2O2S. The first-order valence-electron chi connectivity index (χ1n) is 9.30. The number of nitrogens with one attached hydrogen (secondary N) is 1. The third kappa shape index (κ3) is 4.87. The molecule has 1 aliphatic rings. The van der Waals surface area contributed by atoms with Crippen molar-refractivity contribution in [3.8, 4) is 11.5 Å². The summed E-state index contributed by atoms with van der Waals surface area (Å²) < 4.78 is 11.7. The van der Waals surface area contributed by atoms with E-state index in [1.54, 1.807) is 11.3 Å². The zero-order chi connectivity index (χ0) is 18.5. The molecule has 140 valence electrons. The van der Waals surface area contributed by atoms with E-state index in [2.05, 4.69) is 40.6 Å². The highest BCUT2D eigenvalue weighted by atomic mass is 32.1. The quantitative estimate of drug-likeness (QED) is 0.661. The fraction of sp³-hybridized carbons (Fsp3) is 0.318. The number of hydrogen-bond donors (Lipinski definition) is 1. The molecule has 4 rings (SSSR count). The van der Waals surface area contributed by atoms with E-state index < -0.39 is 0 Å². The van der Waals surface area contributed by atoms with Gasteiger partial charge in [-0.1, -0.05) is 30.3 Å². The van der Waals surface area contributed by atoms with Gasteiger partial charge in [0.25, 0.3) is 0 Å². The Bertz CT molecular complexity index is 876. The van der Waals surface area contributed by atoms with E-state index in [1.165, 1.54) is 11.1 Å². The van der Waals surface area contributed by atoms with Gasteiger partial charge in [-0.15, -0.1) is 11.3 Å². The molecule has 0 amide bonds. The largest absolute Gasteiger partial charge is 0.493 e. The molecule has 3 aromatic rings. The average Bonchev–Trinajstić information content (AvgIpc) is 3.12. The van der Waals surface area contributed by atoms with Gasteiger partial charge >= 0.3 is 0 Å². The number of nitrogens with zero attached hydrogens (tertiary/aromatic N) is 1. The van der Waals surface area contributed by atoms with E-state index >= 15 is 0 Å². The van der Waals surface area contributed by atoms with Crippen LogP contribution < -0.4 is 14.8 Å². The van der Waals surface area contributed by atoms with Gasteiger partial charge in [-0.05, 0) is 42.7 Å². The molecule has 0 aliphatic carbocycles. The maximum atomic E-state index is 5.86. The summed E-state index contributed by atoms with van der Waals surface area (Å²) in [4.78, 5) is 4.42. The maximum Gasteiger partial charge on any atom is 0.131 e. The summed E-state index contributed by atoms with van der Waals surface area (Å²) in [6.07, 6.45) is 1.08. The number of thiazole rings is 1. The van der Waals surface area contributed by atoms with Crippen molar-refractivity contribution in [2.45, 2.75) is 26.5 Å². The lowest BCUT2D eigenvalue weighted by atomic mass is 9.97. The number of fused-ring (bicyclic) bond motifs is 1. The highest BCUT2D eigenvalue weighted by Gasteiger charge is 2.18. The Morgan fingerprint density at radius 3 is 2.85 bits per heavy atom. The van der Waals surface area contributed by atoms with Crippen LogP contribution in [-0.4, -0.2) is 18.1 Å². The van der Waals surface area contributed by atoms with Crippen molar-refractivity contribution >= 4 is 11.3 Å². The summed E-state index contributed by atoms with van der Waals surface area (Å²) in [6.45, 7) is 5.12. The van der Waals surface area contributed by atoms with E-state index in [1.807, 2.05) is 30.5 Å². The van der Waals surface area contributed by atoms with Crippen molar-refractivity contribution in [3.63, 3.8) is 0 Å². The molecule has 0 fully saturated rings. The molecule has 0 bridgehead atoms. The molecular weight excluding hydrogens is 356 g/mol. The van der Waals surface area contributed by atoms with Gasteiger partial charge in [0.05, 0.1) is 17.3 Å². The molecule has 1 atom stereocenters. The first kappa shape index (κ1) is 18.0. The second-order valence-corrected chi connectivity index (χ2v) is 7.97. The number of hydrogen-bond acceptors (Lipinski definition) is 5. The van der Waals surface area contributed by atoms with Crippen LogP contribution in [0.4, 0.5) is 0 Å². The van der Waals surface area contributed by atoms with Gasteiger partial charge in [0.1, 0.15) is 18.1 Å². The highest BCUT2D eigenvalue weighted by molar-refractivity contribution is 7.09. The minimum Gasteiger partial charge on any atom is -0.493 e. The summed E-state index contributed by atoms with van der Waals surface area (Å²) >= 11 is 1.65. The van der Waals surface area contributed by atoms with E-state index in [4.69, 9.17) is 9.47 Å². The molecule has 1 aliphatic heterocycles. The van der Waals surface area contributed by atoms with Crippen molar-refractivity contribution in [1.29, 1.82) is 0 Å². The molecule has 1 aromatic heterocycles. The lowest BCUT2D eigenvalue weighted by molar-refractivity contribution is 0.218. The zero-order valence-corrected chi connectivity index (χ0v) is 16.3. The Kier molecular flexibility index (Phi) is 5.70. The lowest BCUT2D eigenvalue weighted by Gasteiger charge is -2.25. The normalized spacial score (nSPS) is 15.8. The lowest BCUT2D eigenvalue weighted by Crippen LogP contribution is -2.31. The minimum absolute atomic E-state index is 0.518. The third-order valence-electron chi connectivity index (χ3n) is 4.69. The van der Waals surface area contributed by atoms with Crippen LogP contribution in [0.3, 0.4) is 0 Å². The first-order chi connectivity index (χ1) is 13.3. The summed E-state index contributed by atoms with van der Waals surface area (Å²) in [5.74, 6) is 2.43. The zero-order valence-electron chi connectivity index (χ0n) is 15.5. The second-order valence-electron chi connectivity index (χ2n) is 6.91. The predicted molar refractivity (Wildman–Crippen MR) is 108 cm³/mol. The number of rotatable bonds is 7. The minimum atomic E-state index is 0.518. The molecule has 0 saturated heterocycles. The Hall–Kier alpha value is -2.37. The number of ether oxygens (including phenoxy) is 2. The van der Waals surface area contributed by atoms with Crippen LogP contribution in [0.1, 0.15) is 21.8 Å². The molecule has 27 heavy (non-hydrogen) atoms. The van der Waals surface area contributed by atoms with Crippen LogP contribution in [0.5, 0.6) is 11.5 Å². The Morgan fingerprint density at radius 1 is 1.19 bits per heavy atom. The van der Waals surface area contributed by atoms with Gasteiger partial charge in [0, 0.05) is 24.4 Å². The SMILES string of the molecule is Cc1nc(COc2ccc(CNCC3COc4ccccc4C3)cc2)cs1. The topological polar surface area (TPSA) is 43.4 Å². The van der Waals surface area contributed by atoms with Crippen LogP contribution in [0.25, 0.3) is 0 Å². The van der Waals surface area contributed by atoms with Gasteiger partial charge in [-0.3, -0.25) is 0 Å². The third-order valence-corrected chi connectivity index (χ3v) is 5.52. The van der Waals surface area contributed by atoms with Crippen LogP contribution in [0, 0.1) is 12.8 Å². The van der Waals surface area contributed by atoms with Crippen molar-refractivity contribution in [3.05, 3.63) is 75.7 Å². The summed E-state index contributed by atoms with van der Waals surface area (Å²) in [5, 5.41) is 6.67. The second kappa shape index (κ2) is 8.55. The van der Waals surface area contributed by atoms with Crippen LogP contribution in [0.15, 0.2) is 53.9 Å². The van der Waals surface area contributed by atoms with E-state index in [9.17, 15) is 0 Å². The smallest absolute Gasteiger partial charge is 0.131 e. The number of para-hydroxylation sites is 1. The molecule has 0 saturated carbocycles. The van der Waals surface area contributed by atoms with E-state index in [-0.39, 0.29) is 0 Å². The fourth-order valence-electron chi connectivity index (χ4n) is 3.28. The first-order valence-corrected chi connectivity index (χ1v) is 10.2. The monoisotopic (exact) mass is 380 g/mol. The van der Waals surface area contributed by atoms with Gasteiger partial charge < -0.3 is 14.8 Å². The molecule has 1 N–H and O–H groups in total. The Labute approximate surface area is 164 Å². The number of aromatic nitrogens is 1. The molecule has 4 nitrogen and oxygen atoms in total. The standard InChI is InChI=1S/C22H24N2O2S/c1-16-24-20(15-27-16)14-25-21-8-6-17(7-9-21)11-23-12-18-10-19-4-2-3-5-22(19)26-13-18/h2-9,15,18,23H,10-14H2,1H3. The Morgan fingerprint density at radius 2 is 2.04 bits per heavy atom. The average molecular weight is 381 g/mol. The molecule has 0 radical (unpaired) electrons. The molecule has 0 spiro atoms. The van der Waals surface area contributed by atoms with Crippen LogP contribution in [-0.2, 0) is 19.6 Å². The van der Waals surface area contributed by atoms with E-state index in [0.29, 0.717) is 12.5 Å². The van der Waals surface area contributed by atoms with Crippen molar-refractivity contribution in [2.75, 3.05) is 13.2 Å². The summed E-state index contributed by atoms with van der Waals surface area (Å²) in [5.41, 5.74) is 3.55. The van der Waals surface area contributed by atoms with Crippen molar-refractivity contribution in [1.82, 2.24) is 10.3 Å². The van der Waals surface area contributed by atoms with Crippen LogP contribution in [0.2, 0.25) is 0 Å². The summed E-state index contributed by atoms with van der Waals surface area (Å²) in [6, 6.07) is 16.6. The summed E-state index contributed by atoms with van der Waals surface area (Å²) in [7, 11) is 0. The predicted octanol–water partition coefficient (Wildman–Crippen LogP) is 4.37. The van der Waals surface area contributed by atoms with Gasteiger partial charge in [-0.25, -0.2) is 4.98 Å². The molecule has 1 unspecified atom stereocenters. The Balaban J connectivity index is 1.21. The van der Waals surface area contributed by atoms with Crippen LogP contribution >= 0.6 is 11.3 Å². The molecule has 5 heteroatoms. The highest BCUT2D eigenvalue weighted by Crippen LogP contribution is 2.26. The molecule has 2 heterocycles. The van der Waals surface area contributed by atoms with Gasteiger partial charge in [0.15, 0.2) is 0 Å². The fourth-order valence-corrected chi connectivity index (χ4v) is 3.88. The van der Waals surface area contributed by atoms with Crippen molar-refractivity contribution < 1.29 is 9.47 Å². The molecule has 2 aromatic carbocycles. The maximum absolute atomic E-state index is 5.86.